The second kappa shape index (κ2) is 6.98. The van der Waals surface area contributed by atoms with Crippen molar-refractivity contribution in [1.82, 2.24) is 0 Å². The van der Waals surface area contributed by atoms with Gasteiger partial charge in [-0.1, -0.05) is 54.6 Å². The molecule has 0 spiro atoms. The van der Waals surface area contributed by atoms with Crippen molar-refractivity contribution in [3.63, 3.8) is 0 Å². The lowest BCUT2D eigenvalue weighted by atomic mass is 10.1. The lowest BCUT2D eigenvalue weighted by Crippen LogP contribution is -2.16. The zero-order valence-electron chi connectivity index (χ0n) is 15.9. The SMILES string of the molecule is COc1ccc(N[C@@H]2c3ccc4ccccc4c3O[P@@]2(=O)c2ccccc2)cc1. The molecular formula is C24H20NO3P. The Kier molecular flexibility index (Phi) is 4.30. The molecule has 1 aliphatic rings. The summed E-state index contributed by atoms with van der Waals surface area (Å²) < 4.78 is 25.8. The predicted molar refractivity (Wildman–Crippen MR) is 118 cm³/mol. The van der Waals surface area contributed by atoms with Crippen LogP contribution in [0.5, 0.6) is 11.5 Å². The van der Waals surface area contributed by atoms with E-state index >= 15 is 0 Å². The lowest BCUT2D eigenvalue weighted by Gasteiger charge is -2.22. The Balaban J connectivity index is 1.66. The first-order chi connectivity index (χ1) is 14.2. The fourth-order valence-corrected chi connectivity index (χ4v) is 6.25. The fraction of sp³-hybridized carbons (Fsp3) is 0.0833. The van der Waals surface area contributed by atoms with Crippen LogP contribution in [0.1, 0.15) is 11.3 Å². The molecule has 0 saturated carbocycles. The van der Waals surface area contributed by atoms with E-state index in [9.17, 15) is 4.57 Å². The van der Waals surface area contributed by atoms with Crippen LogP contribution in [0.15, 0.2) is 91.0 Å². The molecule has 1 N–H and O–H groups in total. The molecule has 0 fully saturated rings. The fourth-order valence-electron chi connectivity index (χ4n) is 3.79. The summed E-state index contributed by atoms with van der Waals surface area (Å²) in [6.45, 7) is 0. The van der Waals surface area contributed by atoms with Gasteiger partial charge < -0.3 is 14.6 Å². The third-order valence-electron chi connectivity index (χ3n) is 5.28. The number of rotatable bonds is 4. The number of anilines is 1. The van der Waals surface area contributed by atoms with Gasteiger partial charge in [0.05, 0.1) is 12.4 Å². The van der Waals surface area contributed by atoms with E-state index in [0.717, 1.165) is 27.8 Å². The van der Waals surface area contributed by atoms with Crippen LogP contribution >= 0.6 is 7.37 Å². The first-order valence-corrected chi connectivity index (χ1v) is 11.2. The molecule has 0 radical (unpaired) electrons. The molecule has 5 heteroatoms. The van der Waals surface area contributed by atoms with E-state index in [2.05, 4.69) is 11.4 Å². The number of nitrogens with one attached hydrogen (secondary N) is 1. The molecule has 1 aliphatic heterocycles. The maximum absolute atomic E-state index is 14.3. The summed E-state index contributed by atoms with van der Waals surface area (Å²) in [6, 6.07) is 29.2. The molecule has 2 atom stereocenters. The molecule has 4 aromatic carbocycles. The largest absolute Gasteiger partial charge is 0.497 e. The highest BCUT2D eigenvalue weighted by Crippen LogP contribution is 2.66. The molecule has 144 valence electrons. The summed E-state index contributed by atoms with van der Waals surface area (Å²) in [7, 11) is -1.61. The van der Waals surface area contributed by atoms with Crippen molar-refractivity contribution in [2.24, 2.45) is 0 Å². The maximum atomic E-state index is 14.3. The van der Waals surface area contributed by atoms with E-state index in [1.54, 1.807) is 7.11 Å². The summed E-state index contributed by atoms with van der Waals surface area (Å²) in [5, 5.41) is 6.20. The average molecular weight is 401 g/mol. The Hall–Kier alpha value is -3.23. The van der Waals surface area contributed by atoms with Crippen molar-refractivity contribution >= 4 is 29.1 Å². The van der Waals surface area contributed by atoms with Gasteiger partial charge in [-0.3, -0.25) is 4.57 Å². The van der Waals surface area contributed by atoms with Crippen LogP contribution in [0.3, 0.4) is 0 Å². The molecule has 1 heterocycles. The van der Waals surface area contributed by atoms with Gasteiger partial charge in [0.1, 0.15) is 17.3 Å². The minimum Gasteiger partial charge on any atom is -0.497 e. The number of hydrogen-bond donors (Lipinski definition) is 1. The van der Waals surface area contributed by atoms with Crippen LogP contribution in [0.25, 0.3) is 10.8 Å². The summed E-state index contributed by atoms with van der Waals surface area (Å²) in [6.07, 6.45) is 0. The maximum Gasteiger partial charge on any atom is 0.303 e. The van der Waals surface area contributed by atoms with Gasteiger partial charge in [-0.2, -0.15) is 0 Å². The second-order valence-electron chi connectivity index (χ2n) is 7.00. The van der Waals surface area contributed by atoms with Gasteiger partial charge in [0, 0.05) is 16.6 Å². The Morgan fingerprint density at radius 1 is 0.862 bits per heavy atom. The molecule has 5 rings (SSSR count). The van der Waals surface area contributed by atoms with Gasteiger partial charge in [-0.05, 0) is 41.8 Å². The number of hydrogen-bond acceptors (Lipinski definition) is 4. The van der Waals surface area contributed by atoms with E-state index in [-0.39, 0.29) is 0 Å². The van der Waals surface area contributed by atoms with Gasteiger partial charge in [-0.15, -0.1) is 0 Å². The smallest absolute Gasteiger partial charge is 0.303 e. The number of fused-ring (bicyclic) bond motifs is 3. The van der Waals surface area contributed by atoms with Crippen LogP contribution < -0.4 is 19.9 Å². The minimum atomic E-state index is -3.25. The lowest BCUT2D eigenvalue weighted by molar-refractivity contribution is 0.415. The number of methoxy groups -OCH3 is 1. The van der Waals surface area contributed by atoms with Crippen molar-refractivity contribution < 1.29 is 13.8 Å². The van der Waals surface area contributed by atoms with Crippen molar-refractivity contribution in [1.29, 1.82) is 0 Å². The van der Waals surface area contributed by atoms with Crippen LogP contribution in [0.4, 0.5) is 5.69 Å². The van der Waals surface area contributed by atoms with Gasteiger partial charge in [0.15, 0.2) is 0 Å². The Morgan fingerprint density at radius 2 is 1.59 bits per heavy atom. The Labute approximate surface area is 169 Å². The van der Waals surface area contributed by atoms with Crippen LogP contribution in [0.2, 0.25) is 0 Å². The summed E-state index contributed by atoms with van der Waals surface area (Å²) >= 11 is 0. The molecule has 0 amide bonds. The standard InChI is InChI=1S/C24H20NO3P/c1-27-19-14-12-18(13-15-19)25-24-22-16-11-17-7-5-6-10-21(17)23(22)28-29(24,26)20-8-3-2-4-9-20/h2-16,24-25H,1H3/t24-,29-/m0/s1. The zero-order chi connectivity index (χ0) is 19.8. The first kappa shape index (κ1) is 17.8. The van der Waals surface area contributed by atoms with Crippen LogP contribution in [0, 0.1) is 0 Å². The van der Waals surface area contributed by atoms with E-state index in [1.165, 1.54) is 0 Å². The summed E-state index contributed by atoms with van der Waals surface area (Å²) in [5.41, 5.74) is 1.77. The van der Waals surface area contributed by atoms with Gasteiger partial charge in [0.2, 0.25) is 0 Å². The molecule has 0 aromatic heterocycles. The first-order valence-electron chi connectivity index (χ1n) is 9.46. The predicted octanol–water partition coefficient (Wildman–Crippen LogP) is 5.96. The van der Waals surface area contributed by atoms with Crippen LogP contribution in [-0.2, 0) is 4.57 Å². The molecule has 4 aromatic rings. The Morgan fingerprint density at radius 3 is 2.34 bits per heavy atom. The van der Waals surface area contributed by atoms with Crippen molar-refractivity contribution in [2.75, 3.05) is 12.4 Å². The molecular weight excluding hydrogens is 381 g/mol. The quantitative estimate of drug-likeness (QED) is 0.429. The third kappa shape index (κ3) is 2.97. The van der Waals surface area contributed by atoms with E-state index in [0.29, 0.717) is 11.1 Å². The van der Waals surface area contributed by atoms with Crippen molar-refractivity contribution in [2.45, 2.75) is 5.78 Å². The normalized spacial score (nSPS) is 20.1. The van der Waals surface area contributed by atoms with E-state index < -0.39 is 13.2 Å². The molecule has 0 unspecified atom stereocenters. The third-order valence-corrected chi connectivity index (χ3v) is 7.84. The molecule has 29 heavy (non-hydrogen) atoms. The highest BCUT2D eigenvalue weighted by atomic mass is 31.2. The highest BCUT2D eigenvalue weighted by Gasteiger charge is 2.46. The van der Waals surface area contributed by atoms with Crippen LogP contribution in [-0.4, -0.2) is 7.11 Å². The monoisotopic (exact) mass is 401 g/mol. The van der Waals surface area contributed by atoms with Gasteiger partial charge >= 0.3 is 7.37 Å². The topological polar surface area (TPSA) is 47.6 Å². The summed E-state index contributed by atoms with van der Waals surface area (Å²) in [5.74, 6) is 0.995. The van der Waals surface area contributed by atoms with Crippen molar-refractivity contribution in [3.8, 4) is 11.5 Å². The zero-order valence-corrected chi connectivity index (χ0v) is 16.8. The Bertz CT molecular complexity index is 1220. The number of ether oxygens (including phenoxy) is 1. The highest BCUT2D eigenvalue weighted by molar-refractivity contribution is 7.68. The molecule has 0 aliphatic carbocycles. The van der Waals surface area contributed by atoms with Gasteiger partial charge in [0.25, 0.3) is 0 Å². The van der Waals surface area contributed by atoms with E-state index in [4.69, 9.17) is 9.26 Å². The van der Waals surface area contributed by atoms with Gasteiger partial charge in [-0.25, -0.2) is 0 Å². The van der Waals surface area contributed by atoms with Crippen molar-refractivity contribution in [3.05, 3.63) is 96.6 Å². The summed E-state index contributed by atoms with van der Waals surface area (Å²) in [4.78, 5) is 0. The minimum absolute atomic E-state index is 0.474. The second-order valence-corrected chi connectivity index (χ2v) is 9.41. The molecule has 0 saturated heterocycles. The van der Waals surface area contributed by atoms with E-state index in [1.807, 2.05) is 84.9 Å². The molecule has 4 nitrogen and oxygen atoms in total. The molecule has 0 bridgehead atoms. The average Bonchev–Trinajstić information content (AvgIpc) is 3.08. The number of benzene rings is 4.